The average molecular weight is 330 g/mol. The van der Waals surface area contributed by atoms with Gasteiger partial charge >= 0.3 is 5.97 Å². The van der Waals surface area contributed by atoms with E-state index in [9.17, 15) is 4.79 Å². The van der Waals surface area contributed by atoms with Gasteiger partial charge < -0.3 is 9.26 Å². The maximum absolute atomic E-state index is 11.0. The van der Waals surface area contributed by atoms with Crippen molar-refractivity contribution in [2.24, 2.45) is 0 Å². The zero-order chi connectivity index (χ0) is 16.3. The quantitative estimate of drug-likeness (QED) is 0.152. The highest BCUT2D eigenvalue weighted by Crippen LogP contribution is 2.12. The Bertz CT molecular complexity index is 267. The smallest absolute Gasteiger partial charge is 0.337 e. The van der Waals surface area contributed by atoms with Crippen LogP contribution in [0.25, 0.3) is 0 Å². The maximum Gasteiger partial charge on any atom is 0.337 e. The molecule has 1 unspecified atom stereocenters. The Hall–Kier alpha value is -0.400. The first kappa shape index (κ1) is 21.6. The lowest BCUT2D eigenvalue weighted by Crippen LogP contribution is -2.05. The van der Waals surface area contributed by atoms with Gasteiger partial charge in [0.25, 0.3) is 0 Å². The molecule has 0 heterocycles. The molecule has 4 heteroatoms. The van der Waals surface area contributed by atoms with Crippen LogP contribution in [0.2, 0.25) is 0 Å². The third-order valence-corrected chi connectivity index (χ3v) is 3.89. The highest BCUT2D eigenvalue weighted by molar-refractivity contribution is 7.09. The average Bonchev–Trinajstić information content (AvgIpc) is 2.51. The van der Waals surface area contributed by atoms with Gasteiger partial charge in [-0.25, -0.2) is 4.79 Å². The molecule has 0 aliphatic rings. The number of unbranched alkanes of at least 4 members (excludes halogenated alkanes) is 12. The van der Waals surface area contributed by atoms with Crippen LogP contribution in [-0.2, 0) is 14.1 Å². The van der Waals surface area contributed by atoms with Crippen molar-refractivity contribution >= 4 is 15.4 Å². The molecule has 0 aromatic heterocycles. The van der Waals surface area contributed by atoms with E-state index >= 15 is 0 Å². The summed E-state index contributed by atoms with van der Waals surface area (Å²) in [7, 11) is 2.03. The molecule has 0 aromatic rings. The van der Waals surface area contributed by atoms with E-state index in [2.05, 4.69) is 11.4 Å². The van der Waals surface area contributed by atoms with E-state index in [0.29, 0.717) is 0 Å². The first-order valence-electron chi connectivity index (χ1n) is 8.97. The minimum atomic E-state index is -0.360. The van der Waals surface area contributed by atoms with Crippen LogP contribution in [-0.4, -0.2) is 12.6 Å². The van der Waals surface area contributed by atoms with E-state index in [1.54, 1.807) is 0 Å². The summed E-state index contributed by atoms with van der Waals surface area (Å²) in [5.74, 6) is -0.360. The van der Waals surface area contributed by atoms with Gasteiger partial charge in [0, 0.05) is 9.47 Å². The number of carbonyl (C=O) groups excluding carboxylic acids is 1. The van der Waals surface area contributed by atoms with Crippen molar-refractivity contribution in [1.82, 2.24) is 0 Å². The molecule has 0 saturated heterocycles. The van der Waals surface area contributed by atoms with Crippen LogP contribution in [0.5, 0.6) is 0 Å². The molecule has 0 rings (SSSR count). The van der Waals surface area contributed by atoms with Crippen LogP contribution in [0.4, 0.5) is 0 Å². The van der Waals surface area contributed by atoms with Gasteiger partial charge in [-0.05, 0) is 18.9 Å². The van der Waals surface area contributed by atoms with Crippen LogP contribution in [0.3, 0.4) is 0 Å². The Kier molecular flexibility index (Phi) is 18.3. The summed E-state index contributed by atoms with van der Waals surface area (Å²) in [4.78, 5) is 11.0. The molecule has 0 bridgehead atoms. The summed E-state index contributed by atoms with van der Waals surface area (Å²) >= 11 is 0. The lowest BCUT2D eigenvalue weighted by molar-refractivity contribution is -0.140. The zero-order valence-corrected chi connectivity index (χ0v) is 15.5. The van der Waals surface area contributed by atoms with Crippen LogP contribution in [0.15, 0.2) is 12.3 Å². The molecule has 0 N–H and O–H groups in total. The highest BCUT2D eigenvalue weighted by Gasteiger charge is 1.97. The van der Waals surface area contributed by atoms with E-state index in [1.165, 1.54) is 83.3 Å². The molecule has 0 aliphatic carbocycles. The Morgan fingerprint density at radius 2 is 1.36 bits per heavy atom. The second-order valence-electron chi connectivity index (χ2n) is 5.85. The van der Waals surface area contributed by atoms with Crippen molar-refractivity contribution in [3.63, 3.8) is 0 Å². The van der Waals surface area contributed by atoms with Crippen molar-refractivity contribution in [3.8, 4) is 0 Å². The van der Waals surface area contributed by atoms with Gasteiger partial charge in [0.05, 0.1) is 6.26 Å². The fourth-order valence-corrected chi connectivity index (χ4v) is 2.53. The lowest BCUT2D eigenvalue weighted by Gasteiger charge is -2.02. The van der Waals surface area contributed by atoms with E-state index in [-0.39, 0.29) is 12.6 Å². The number of carbonyl (C=O) groups is 1. The molecular formula is C18H35O3P. The van der Waals surface area contributed by atoms with Gasteiger partial charge in [-0.2, -0.15) is 0 Å². The van der Waals surface area contributed by atoms with E-state index < -0.39 is 0 Å². The Labute approximate surface area is 139 Å². The third kappa shape index (κ3) is 17.7. The van der Waals surface area contributed by atoms with Gasteiger partial charge in [-0.3, -0.25) is 0 Å². The Balaban J connectivity index is 3.11. The lowest BCUT2D eigenvalue weighted by atomic mass is 10.0. The van der Waals surface area contributed by atoms with Crippen LogP contribution in [0, 0.1) is 0 Å². The molecule has 0 aliphatic heterocycles. The predicted octanol–water partition coefficient (Wildman–Crippen LogP) is 5.94. The molecule has 0 spiro atoms. The summed E-state index contributed by atoms with van der Waals surface area (Å²) in [6.07, 6.45) is 20.7. The molecule has 22 heavy (non-hydrogen) atoms. The zero-order valence-electron chi connectivity index (χ0n) is 14.4. The molecule has 0 amide bonds. The summed E-state index contributed by atoms with van der Waals surface area (Å²) in [6.45, 7) is 2.25. The van der Waals surface area contributed by atoms with Crippen molar-refractivity contribution in [2.75, 3.05) is 6.61 Å². The first-order chi connectivity index (χ1) is 10.8. The summed E-state index contributed by atoms with van der Waals surface area (Å²) in [6, 6.07) is 0. The van der Waals surface area contributed by atoms with Gasteiger partial charge in [0.15, 0.2) is 0 Å². The Morgan fingerprint density at radius 3 is 1.86 bits per heavy atom. The van der Waals surface area contributed by atoms with Crippen LogP contribution < -0.4 is 0 Å². The molecular weight excluding hydrogens is 295 g/mol. The van der Waals surface area contributed by atoms with Crippen LogP contribution in [0.1, 0.15) is 90.4 Å². The minimum Gasteiger partial charge on any atom is -0.433 e. The van der Waals surface area contributed by atoms with Crippen LogP contribution >= 0.6 is 9.47 Å². The Morgan fingerprint density at radius 1 is 0.864 bits per heavy atom. The molecule has 0 fully saturated rings. The number of hydrogen-bond donors (Lipinski definition) is 0. The second-order valence-corrected chi connectivity index (χ2v) is 6.18. The summed E-state index contributed by atoms with van der Waals surface area (Å²) in [5.41, 5.74) is 0. The molecule has 0 radical (unpaired) electrons. The van der Waals surface area contributed by atoms with E-state index in [4.69, 9.17) is 4.74 Å². The summed E-state index contributed by atoms with van der Waals surface area (Å²) < 4.78 is 9.42. The SMILES string of the molecule is CCCCCCCCCCCCCCC=COC(=O)COP. The number of allylic oxidation sites excluding steroid dienone is 1. The highest BCUT2D eigenvalue weighted by atomic mass is 31.0. The standard InChI is InChI=1S/C18H35O3P/c1-2-3-4-5-6-7-8-9-10-11-12-13-14-15-16-20-18(19)17-21-22/h15-16H,2-14,17,22H2,1H3. The van der Waals surface area contributed by atoms with Gasteiger partial charge in [-0.1, -0.05) is 77.6 Å². The van der Waals surface area contributed by atoms with Crippen molar-refractivity contribution < 1.29 is 14.1 Å². The maximum atomic E-state index is 11.0. The van der Waals surface area contributed by atoms with Gasteiger partial charge in [0.1, 0.15) is 6.61 Å². The molecule has 130 valence electrons. The summed E-state index contributed by atoms with van der Waals surface area (Å²) in [5, 5.41) is 0. The van der Waals surface area contributed by atoms with E-state index in [0.717, 1.165) is 6.42 Å². The second kappa shape index (κ2) is 18.6. The predicted molar refractivity (Wildman–Crippen MR) is 96.6 cm³/mol. The normalized spacial score (nSPS) is 11.2. The molecule has 3 nitrogen and oxygen atoms in total. The van der Waals surface area contributed by atoms with E-state index in [1.807, 2.05) is 15.5 Å². The van der Waals surface area contributed by atoms with Crippen molar-refractivity contribution in [3.05, 3.63) is 12.3 Å². The fraction of sp³-hybridized carbons (Fsp3) is 0.833. The van der Waals surface area contributed by atoms with Gasteiger partial charge in [-0.15, -0.1) is 0 Å². The monoisotopic (exact) mass is 330 g/mol. The third-order valence-electron chi connectivity index (χ3n) is 3.72. The number of rotatable bonds is 16. The topological polar surface area (TPSA) is 35.5 Å². The van der Waals surface area contributed by atoms with Crippen molar-refractivity contribution in [2.45, 2.75) is 90.4 Å². The largest absolute Gasteiger partial charge is 0.433 e. The molecule has 0 saturated carbocycles. The number of ether oxygens (including phenoxy) is 1. The fourth-order valence-electron chi connectivity index (χ4n) is 2.40. The number of hydrogen-bond acceptors (Lipinski definition) is 3. The molecule has 1 atom stereocenters. The first-order valence-corrected chi connectivity index (χ1v) is 9.44. The number of esters is 1. The van der Waals surface area contributed by atoms with Crippen molar-refractivity contribution in [1.29, 1.82) is 0 Å². The molecule has 0 aromatic carbocycles. The van der Waals surface area contributed by atoms with Gasteiger partial charge in [0.2, 0.25) is 0 Å². The minimum absolute atomic E-state index is 0.0202.